The lowest BCUT2D eigenvalue weighted by Gasteiger charge is -2.45. The molecular formula is C20H29N3. The lowest BCUT2D eigenvalue weighted by atomic mass is 9.76. The van der Waals surface area contributed by atoms with Gasteiger partial charge in [0.1, 0.15) is 0 Å². The highest BCUT2D eigenvalue weighted by Gasteiger charge is 2.38. The first kappa shape index (κ1) is 15.2. The zero-order valence-corrected chi connectivity index (χ0v) is 14.5. The van der Waals surface area contributed by atoms with E-state index < -0.39 is 0 Å². The average molecular weight is 311 g/mol. The zero-order chi connectivity index (χ0) is 16.0. The first-order chi connectivity index (χ1) is 11.2. The van der Waals surface area contributed by atoms with E-state index in [9.17, 15) is 0 Å². The normalized spacial score (nSPS) is 28.4. The molecule has 4 heterocycles. The Bertz CT molecular complexity index is 694. The first-order valence-corrected chi connectivity index (χ1v) is 9.17. The van der Waals surface area contributed by atoms with E-state index in [1.165, 1.54) is 43.4 Å². The van der Waals surface area contributed by atoms with Crippen LogP contribution in [0, 0.1) is 11.8 Å². The highest BCUT2D eigenvalue weighted by Crippen LogP contribution is 2.43. The molecule has 3 aliphatic heterocycles. The van der Waals surface area contributed by atoms with E-state index >= 15 is 0 Å². The van der Waals surface area contributed by atoms with E-state index in [1.54, 1.807) is 11.3 Å². The maximum absolute atomic E-state index is 5.94. The summed E-state index contributed by atoms with van der Waals surface area (Å²) in [7, 11) is 2.27. The Kier molecular flexibility index (Phi) is 3.94. The Morgan fingerprint density at radius 3 is 2.61 bits per heavy atom. The Morgan fingerprint density at radius 1 is 1.22 bits per heavy atom. The van der Waals surface area contributed by atoms with Gasteiger partial charge in [-0.2, -0.15) is 0 Å². The van der Waals surface area contributed by atoms with Crippen molar-refractivity contribution in [2.75, 3.05) is 26.2 Å². The molecule has 0 radical (unpaired) electrons. The highest BCUT2D eigenvalue weighted by molar-refractivity contribution is 5.86. The van der Waals surface area contributed by atoms with Gasteiger partial charge in [0.25, 0.3) is 0 Å². The van der Waals surface area contributed by atoms with Crippen LogP contribution in [0.1, 0.15) is 36.9 Å². The van der Waals surface area contributed by atoms with Gasteiger partial charge in [0.2, 0.25) is 0 Å². The Hall–Kier alpha value is -1.32. The topological polar surface area (TPSA) is 34.2 Å². The molecule has 2 atom stereocenters. The molecular weight excluding hydrogens is 282 g/mol. The SMILES string of the molecule is CC(CN)Cc1c(C2CN3CCC2CC3)n(C)c2ccccc12. The van der Waals surface area contributed by atoms with E-state index in [-0.39, 0.29) is 0 Å². The molecule has 0 saturated carbocycles. The largest absolute Gasteiger partial charge is 0.347 e. The Labute approximate surface area is 139 Å². The summed E-state index contributed by atoms with van der Waals surface area (Å²) >= 11 is 0. The van der Waals surface area contributed by atoms with Crippen molar-refractivity contribution in [2.45, 2.75) is 32.1 Å². The molecule has 5 rings (SSSR count). The van der Waals surface area contributed by atoms with Crippen molar-refractivity contribution < 1.29 is 0 Å². The van der Waals surface area contributed by atoms with Crippen LogP contribution in [0.2, 0.25) is 0 Å². The minimum atomic E-state index is 0.542. The highest BCUT2D eigenvalue weighted by atomic mass is 15.2. The molecule has 3 heteroatoms. The van der Waals surface area contributed by atoms with E-state index in [2.05, 4.69) is 47.7 Å². The molecule has 1 aromatic heterocycles. The fraction of sp³-hybridized carbons (Fsp3) is 0.600. The molecule has 3 fully saturated rings. The van der Waals surface area contributed by atoms with Gasteiger partial charge in [-0.25, -0.2) is 0 Å². The lowest BCUT2D eigenvalue weighted by molar-refractivity contribution is 0.0840. The van der Waals surface area contributed by atoms with E-state index in [4.69, 9.17) is 5.73 Å². The molecule has 0 amide bonds. The number of benzene rings is 1. The van der Waals surface area contributed by atoms with Gasteiger partial charge in [-0.05, 0) is 62.4 Å². The summed E-state index contributed by atoms with van der Waals surface area (Å²) in [5.74, 6) is 2.12. The second kappa shape index (κ2) is 5.95. The smallest absolute Gasteiger partial charge is 0.0482 e. The van der Waals surface area contributed by atoms with Gasteiger partial charge in [-0.15, -0.1) is 0 Å². The standard InChI is InChI=1S/C20H29N3/c1-14(12-21)11-17-16-5-3-4-6-19(16)22(2)20(17)18-13-23-9-7-15(18)8-10-23/h3-6,14-15,18H,7-13,21H2,1-2H3. The number of fused-ring (bicyclic) bond motifs is 4. The van der Waals surface area contributed by atoms with Crippen molar-refractivity contribution in [3.63, 3.8) is 0 Å². The quantitative estimate of drug-likeness (QED) is 0.941. The van der Waals surface area contributed by atoms with Crippen LogP contribution in [-0.4, -0.2) is 35.6 Å². The first-order valence-electron chi connectivity index (χ1n) is 9.17. The van der Waals surface area contributed by atoms with Crippen molar-refractivity contribution in [2.24, 2.45) is 24.6 Å². The van der Waals surface area contributed by atoms with Gasteiger partial charge in [0, 0.05) is 36.1 Å². The van der Waals surface area contributed by atoms with Gasteiger partial charge in [-0.1, -0.05) is 25.1 Å². The number of aryl methyl sites for hydroxylation is 1. The van der Waals surface area contributed by atoms with Crippen LogP contribution in [0.4, 0.5) is 0 Å². The number of nitrogens with zero attached hydrogens (tertiary/aromatic N) is 2. The second-order valence-corrected chi connectivity index (χ2v) is 7.73. The summed E-state index contributed by atoms with van der Waals surface area (Å²) in [6.07, 6.45) is 3.85. The number of nitrogens with two attached hydrogens (primary N) is 1. The molecule has 2 N–H and O–H groups in total. The monoisotopic (exact) mass is 311 g/mol. The minimum absolute atomic E-state index is 0.542. The molecule has 3 aliphatic rings. The van der Waals surface area contributed by atoms with Crippen LogP contribution in [0.3, 0.4) is 0 Å². The molecule has 23 heavy (non-hydrogen) atoms. The predicted molar refractivity (Wildman–Crippen MR) is 96.7 cm³/mol. The molecule has 2 bridgehead atoms. The predicted octanol–water partition coefficient (Wildman–Crippen LogP) is 3.12. The van der Waals surface area contributed by atoms with Crippen molar-refractivity contribution in [3.8, 4) is 0 Å². The third-order valence-electron chi connectivity index (χ3n) is 6.22. The summed E-state index contributed by atoms with van der Waals surface area (Å²) in [5, 5.41) is 1.45. The van der Waals surface area contributed by atoms with Crippen molar-refractivity contribution in [1.82, 2.24) is 9.47 Å². The molecule has 0 spiro atoms. The second-order valence-electron chi connectivity index (χ2n) is 7.73. The molecule has 2 unspecified atom stereocenters. The van der Waals surface area contributed by atoms with E-state index in [0.29, 0.717) is 11.8 Å². The maximum Gasteiger partial charge on any atom is 0.0482 e. The van der Waals surface area contributed by atoms with Gasteiger partial charge >= 0.3 is 0 Å². The molecule has 1 aromatic carbocycles. The number of rotatable bonds is 4. The van der Waals surface area contributed by atoms with E-state index in [1.807, 2.05) is 0 Å². The number of aromatic nitrogens is 1. The van der Waals surface area contributed by atoms with Crippen LogP contribution in [0.5, 0.6) is 0 Å². The summed E-state index contributed by atoms with van der Waals surface area (Å²) < 4.78 is 2.49. The number of para-hydroxylation sites is 1. The number of hydrogen-bond acceptors (Lipinski definition) is 2. The van der Waals surface area contributed by atoms with Crippen LogP contribution < -0.4 is 5.73 Å². The minimum Gasteiger partial charge on any atom is -0.347 e. The van der Waals surface area contributed by atoms with Crippen molar-refractivity contribution in [1.29, 1.82) is 0 Å². The lowest BCUT2D eigenvalue weighted by Crippen LogP contribution is -2.46. The third kappa shape index (κ3) is 2.50. The maximum atomic E-state index is 5.94. The molecule has 124 valence electrons. The number of piperidine rings is 3. The van der Waals surface area contributed by atoms with Gasteiger partial charge in [0.15, 0.2) is 0 Å². The van der Waals surface area contributed by atoms with Crippen LogP contribution in [0.25, 0.3) is 10.9 Å². The molecule has 3 nitrogen and oxygen atoms in total. The van der Waals surface area contributed by atoms with Gasteiger partial charge < -0.3 is 15.2 Å². The molecule has 3 saturated heterocycles. The summed E-state index contributed by atoms with van der Waals surface area (Å²) in [4.78, 5) is 2.67. The van der Waals surface area contributed by atoms with Gasteiger partial charge in [-0.3, -0.25) is 0 Å². The fourth-order valence-electron chi connectivity index (χ4n) is 4.89. The number of hydrogen-bond donors (Lipinski definition) is 1. The zero-order valence-electron chi connectivity index (χ0n) is 14.5. The van der Waals surface area contributed by atoms with Crippen LogP contribution in [0.15, 0.2) is 24.3 Å². The Balaban J connectivity index is 1.84. The molecule has 0 aliphatic carbocycles. The summed E-state index contributed by atoms with van der Waals surface area (Å²) in [5.41, 5.74) is 10.5. The average Bonchev–Trinajstić information content (AvgIpc) is 2.88. The third-order valence-corrected chi connectivity index (χ3v) is 6.22. The molecule has 2 aromatic rings. The summed E-state index contributed by atoms with van der Waals surface area (Å²) in [6, 6.07) is 8.92. The van der Waals surface area contributed by atoms with Crippen LogP contribution in [-0.2, 0) is 13.5 Å². The Morgan fingerprint density at radius 2 is 1.96 bits per heavy atom. The summed E-state index contributed by atoms with van der Waals surface area (Å²) in [6.45, 7) is 6.91. The van der Waals surface area contributed by atoms with Crippen molar-refractivity contribution in [3.05, 3.63) is 35.5 Å². The van der Waals surface area contributed by atoms with Gasteiger partial charge in [0.05, 0.1) is 0 Å². The van der Waals surface area contributed by atoms with E-state index in [0.717, 1.165) is 18.9 Å². The van der Waals surface area contributed by atoms with Crippen molar-refractivity contribution >= 4 is 10.9 Å². The fourth-order valence-corrected chi connectivity index (χ4v) is 4.89. The van der Waals surface area contributed by atoms with Crippen LogP contribution >= 0.6 is 0 Å².